The van der Waals surface area contributed by atoms with E-state index in [0.717, 1.165) is 38.5 Å². The highest BCUT2D eigenvalue weighted by Crippen LogP contribution is 2.77. The van der Waals surface area contributed by atoms with Crippen molar-refractivity contribution in [2.75, 3.05) is 7.11 Å². The van der Waals surface area contributed by atoms with Gasteiger partial charge in [0.25, 0.3) is 0 Å². The molecular formula is C20H24Cl2O3. The monoisotopic (exact) mass is 382 g/mol. The summed E-state index contributed by atoms with van der Waals surface area (Å²) < 4.78 is 4.88. The van der Waals surface area contributed by atoms with Gasteiger partial charge < -0.3 is 4.74 Å². The second-order valence-corrected chi connectivity index (χ2v) is 8.71. The van der Waals surface area contributed by atoms with Crippen LogP contribution < -0.4 is 0 Å². The molecule has 1 aromatic carbocycles. The van der Waals surface area contributed by atoms with Crippen LogP contribution in [0.5, 0.6) is 0 Å². The van der Waals surface area contributed by atoms with E-state index in [-0.39, 0.29) is 23.1 Å². The van der Waals surface area contributed by atoms with E-state index >= 15 is 0 Å². The summed E-state index contributed by atoms with van der Waals surface area (Å²) >= 11 is 11.8. The summed E-state index contributed by atoms with van der Waals surface area (Å²) in [6.45, 7) is 1.99. The van der Waals surface area contributed by atoms with Crippen LogP contribution in [0.2, 0.25) is 10.0 Å². The van der Waals surface area contributed by atoms with Gasteiger partial charge in [0, 0.05) is 12.0 Å². The molecule has 3 aliphatic rings. The highest BCUT2D eigenvalue weighted by molar-refractivity contribution is 6.42. The van der Waals surface area contributed by atoms with Gasteiger partial charge in [-0.1, -0.05) is 36.5 Å². The van der Waals surface area contributed by atoms with Gasteiger partial charge in [-0.25, -0.2) is 0 Å². The fraction of sp³-hybridized carbons (Fsp3) is 0.600. The van der Waals surface area contributed by atoms with E-state index in [2.05, 4.69) is 0 Å². The van der Waals surface area contributed by atoms with Crippen LogP contribution in [-0.2, 0) is 9.53 Å². The molecule has 0 spiro atoms. The maximum Gasteiger partial charge on any atom is 0.308 e. The predicted molar refractivity (Wildman–Crippen MR) is 99.2 cm³/mol. The van der Waals surface area contributed by atoms with Crippen LogP contribution in [0.1, 0.15) is 62.2 Å². The first kappa shape index (κ1) is 18.7. The Morgan fingerprint density at radius 2 is 1.84 bits per heavy atom. The zero-order valence-electron chi connectivity index (χ0n) is 14.7. The first-order valence-corrected chi connectivity index (χ1v) is 9.63. The molecule has 0 saturated heterocycles. The van der Waals surface area contributed by atoms with Crippen LogP contribution in [0.4, 0.5) is 0 Å². The molecule has 1 atom stereocenters. The number of hydrogen-bond donors (Lipinski definition) is 0. The van der Waals surface area contributed by atoms with Gasteiger partial charge in [0.1, 0.15) is 0 Å². The average molecular weight is 383 g/mol. The third-order valence-corrected chi connectivity index (χ3v) is 7.00. The van der Waals surface area contributed by atoms with Crippen LogP contribution in [0, 0.1) is 16.7 Å². The lowest BCUT2D eigenvalue weighted by Crippen LogP contribution is -2.65. The van der Waals surface area contributed by atoms with Crippen LogP contribution in [0.15, 0.2) is 18.2 Å². The molecule has 3 saturated carbocycles. The number of rotatable bonds is 8. The van der Waals surface area contributed by atoms with Gasteiger partial charge in [0.05, 0.1) is 23.1 Å². The molecule has 2 bridgehead atoms. The molecule has 0 N–H and O–H groups in total. The Labute approximate surface area is 159 Å². The van der Waals surface area contributed by atoms with Crippen molar-refractivity contribution >= 4 is 35.0 Å². The molecule has 0 aromatic heterocycles. The summed E-state index contributed by atoms with van der Waals surface area (Å²) in [5, 5.41) is 0.892. The van der Waals surface area contributed by atoms with Gasteiger partial charge in [-0.05, 0) is 61.1 Å². The Kier molecular flexibility index (Phi) is 5.18. The van der Waals surface area contributed by atoms with Crippen molar-refractivity contribution in [1.82, 2.24) is 0 Å². The predicted octanol–water partition coefficient (Wildman–Crippen LogP) is 5.72. The summed E-state index contributed by atoms with van der Waals surface area (Å²) in [6, 6.07) is 5.04. The summed E-state index contributed by atoms with van der Waals surface area (Å²) in [5.74, 6) is 0.0445. The second-order valence-electron chi connectivity index (χ2n) is 7.90. The molecule has 3 fully saturated rings. The number of halogens is 2. The number of benzene rings is 1. The van der Waals surface area contributed by atoms with Gasteiger partial charge in [0.2, 0.25) is 0 Å². The largest absolute Gasteiger partial charge is 0.469 e. The van der Waals surface area contributed by atoms with Crippen molar-refractivity contribution in [2.24, 2.45) is 16.7 Å². The van der Waals surface area contributed by atoms with E-state index in [9.17, 15) is 9.59 Å². The Balaban J connectivity index is 1.39. The Morgan fingerprint density at radius 1 is 1.16 bits per heavy atom. The van der Waals surface area contributed by atoms with E-state index < -0.39 is 0 Å². The van der Waals surface area contributed by atoms with Crippen LogP contribution in [-0.4, -0.2) is 18.9 Å². The van der Waals surface area contributed by atoms with E-state index in [0.29, 0.717) is 27.4 Å². The second kappa shape index (κ2) is 6.92. The number of carbonyl (C=O) groups excluding carboxylic acids is 2. The minimum atomic E-state index is -0.0829. The molecule has 0 heterocycles. The number of ether oxygens (including phenoxy) is 1. The Bertz CT molecular complexity index is 678. The fourth-order valence-electron chi connectivity index (χ4n) is 4.84. The normalized spacial score (nSPS) is 27.8. The van der Waals surface area contributed by atoms with E-state index in [1.165, 1.54) is 7.11 Å². The summed E-state index contributed by atoms with van der Waals surface area (Å²) in [4.78, 5) is 23.9. The molecule has 3 nitrogen and oxygen atoms in total. The van der Waals surface area contributed by atoms with Crippen LogP contribution in [0.3, 0.4) is 0 Å². The molecule has 0 amide bonds. The first-order valence-electron chi connectivity index (χ1n) is 8.87. The van der Waals surface area contributed by atoms with Gasteiger partial charge in [-0.3, -0.25) is 9.59 Å². The van der Waals surface area contributed by atoms with Crippen molar-refractivity contribution in [1.29, 1.82) is 0 Å². The molecule has 136 valence electrons. The number of esters is 1. The minimum absolute atomic E-state index is 0.00982. The molecule has 4 rings (SSSR count). The highest BCUT2D eigenvalue weighted by Gasteiger charge is 2.69. The van der Waals surface area contributed by atoms with Crippen molar-refractivity contribution in [2.45, 2.75) is 51.9 Å². The van der Waals surface area contributed by atoms with E-state index in [1.54, 1.807) is 18.2 Å². The molecular weight excluding hydrogens is 359 g/mol. The number of methoxy groups -OCH3 is 1. The lowest BCUT2D eigenvalue weighted by atomic mass is 9.31. The third-order valence-electron chi connectivity index (χ3n) is 6.26. The maximum absolute atomic E-state index is 12.2. The summed E-state index contributed by atoms with van der Waals surface area (Å²) in [5.41, 5.74) is 1.25. The smallest absolute Gasteiger partial charge is 0.308 e. The molecule has 3 aliphatic carbocycles. The quantitative estimate of drug-likeness (QED) is 0.328. The van der Waals surface area contributed by atoms with Gasteiger partial charge in [-0.15, -0.1) is 0 Å². The van der Waals surface area contributed by atoms with Crippen LogP contribution in [0.25, 0.3) is 0 Å². The topological polar surface area (TPSA) is 43.4 Å². The number of unbranched alkanes of at least 4 members (excludes halogenated alkanes) is 1. The van der Waals surface area contributed by atoms with Gasteiger partial charge in [0.15, 0.2) is 5.78 Å². The third kappa shape index (κ3) is 3.46. The average Bonchev–Trinajstić information content (AvgIpc) is 2.52. The molecule has 0 aliphatic heterocycles. The lowest BCUT2D eigenvalue weighted by Gasteiger charge is -2.73. The SMILES string of the molecule is COC(=O)[C@H](C)C12CC(CCCCC(=O)c3ccc(Cl)c(Cl)c3)(C1)C2. The molecule has 0 unspecified atom stereocenters. The maximum atomic E-state index is 12.2. The van der Waals surface area contributed by atoms with Gasteiger partial charge >= 0.3 is 5.97 Å². The molecule has 25 heavy (non-hydrogen) atoms. The van der Waals surface area contributed by atoms with Crippen LogP contribution >= 0.6 is 23.2 Å². The zero-order chi connectivity index (χ0) is 18.2. The lowest BCUT2D eigenvalue weighted by molar-refractivity contribution is -0.239. The summed E-state index contributed by atoms with van der Waals surface area (Å²) in [7, 11) is 1.46. The van der Waals surface area contributed by atoms with E-state index in [1.807, 2.05) is 6.92 Å². The van der Waals surface area contributed by atoms with Gasteiger partial charge in [-0.2, -0.15) is 0 Å². The number of hydrogen-bond acceptors (Lipinski definition) is 3. The Hall–Kier alpha value is -1.06. The first-order chi connectivity index (χ1) is 11.8. The fourth-order valence-corrected chi connectivity index (χ4v) is 5.13. The van der Waals surface area contributed by atoms with Crippen molar-refractivity contribution in [3.05, 3.63) is 33.8 Å². The number of Topliss-reactive ketones (excluding diaryl/α,β-unsaturated/α-hetero) is 1. The van der Waals surface area contributed by atoms with Crippen molar-refractivity contribution in [3.8, 4) is 0 Å². The van der Waals surface area contributed by atoms with Crippen molar-refractivity contribution in [3.63, 3.8) is 0 Å². The van der Waals surface area contributed by atoms with E-state index in [4.69, 9.17) is 27.9 Å². The molecule has 1 aromatic rings. The number of carbonyl (C=O) groups is 2. The number of ketones is 1. The standard InChI is InChI=1S/C20H24Cl2O3/c1-13(18(24)25-2)20-10-19(11-20,12-20)8-4-3-5-17(23)14-6-7-15(21)16(22)9-14/h6-7,9,13H,3-5,8,10-12H2,1-2H3/t13-,19?,20?/m0/s1. The zero-order valence-corrected chi connectivity index (χ0v) is 16.3. The summed E-state index contributed by atoms with van der Waals surface area (Å²) in [6.07, 6.45) is 7.04. The molecule has 0 radical (unpaired) electrons. The van der Waals surface area contributed by atoms with Crippen molar-refractivity contribution < 1.29 is 14.3 Å². The molecule has 5 heteroatoms. The minimum Gasteiger partial charge on any atom is -0.469 e. The highest BCUT2D eigenvalue weighted by atomic mass is 35.5. The Morgan fingerprint density at radius 3 is 2.44 bits per heavy atom.